The van der Waals surface area contributed by atoms with E-state index in [0.29, 0.717) is 5.92 Å². The second kappa shape index (κ2) is 5.05. The van der Waals surface area contributed by atoms with Gasteiger partial charge in [0.15, 0.2) is 0 Å². The first-order valence-corrected chi connectivity index (χ1v) is 8.90. The van der Waals surface area contributed by atoms with Gasteiger partial charge in [-0.3, -0.25) is 0 Å². The predicted molar refractivity (Wildman–Crippen MR) is 89.8 cm³/mol. The van der Waals surface area contributed by atoms with E-state index in [1.165, 1.54) is 11.1 Å². The molecule has 0 radical (unpaired) electrons. The molecule has 0 saturated carbocycles. The highest BCUT2D eigenvalue weighted by Gasteiger charge is 2.55. The van der Waals surface area contributed by atoms with Crippen molar-refractivity contribution in [3.63, 3.8) is 0 Å². The number of aliphatic hydroxyl groups excluding tert-OH is 2. The smallest absolute Gasteiger partial charge is 0.0793 e. The van der Waals surface area contributed by atoms with Crippen LogP contribution in [0.5, 0.6) is 0 Å². The number of fused-ring (bicyclic) bond motifs is 4. The van der Waals surface area contributed by atoms with Crippen LogP contribution in [0.25, 0.3) is 0 Å². The van der Waals surface area contributed by atoms with E-state index in [1.54, 1.807) is 7.11 Å². The van der Waals surface area contributed by atoms with Gasteiger partial charge in [0.05, 0.1) is 18.3 Å². The molecule has 4 rings (SSSR count). The first kappa shape index (κ1) is 15.6. The number of hydrogen-bond donors (Lipinski definition) is 2. The Labute approximate surface area is 138 Å². The lowest BCUT2D eigenvalue weighted by molar-refractivity contribution is 0.00354. The monoisotopic (exact) mass is 316 g/mol. The Bertz CT molecular complexity index is 604. The summed E-state index contributed by atoms with van der Waals surface area (Å²) in [6.07, 6.45) is 11.6. The van der Waals surface area contributed by atoms with Crippen molar-refractivity contribution in [2.75, 3.05) is 7.11 Å². The van der Waals surface area contributed by atoms with Gasteiger partial charge in [-0.15, -0.1) is 0 Å². The van der Waals surface area contributed by atoms with E-state index in [4.69, 9.17) is 4.74 Å². The summed E-state index contributed by atoms with van der Waals surface area (Å²) in [6, 6.07) is 0. The predicted octanol–water partition coefficient (Wildman–Crippen LogP) is 2.99. The van der Waals surface area contributed by atoms with Crippen LogP contribution in [0.3, 0.4) is 0 Å². The molecule has 0 spiro atoms. The molecular formula is C20H28O3. The molecule has 0 aromatic carbocycles. The fourth-order valence-corrected chi connectivity index (χ4v) is 5.66. The maximum absolute atomic E-state index is 10.5. The van der Waals surface area contributed by atoms with Crippen LogP contribution in [0, 0.1) is 22.7 Å². The maximum Gasteiger partial charge on any atom is 0.0793 e. The molecular weight excluding hydrogens is 288 g/mol. The minimum atomic E-state index is -0.353. The van der Waals surface area contributed by atoms with Crippen molar-refractivity contribution in [3.8, 4) is 0 Å². The molecule has 0 saturated heterocycles. The third-order valence-corrected chi connectivity index (χ3v) is 7.29. The van der Waals surface area contributed by atoms with Crippen molar-refractivity contribution >= 4 is 0 Å². The van der Waals surface area contributed by atoms with Crippen LogP contribution in [0.2, 0.25) is 0 Å². The summed E-state index contributed by atoms with van der Waals surface area (Å²) in [6.45, 7) is 4.55. The molecule has 7 atom stereocenters. The van der Waals surface area contributed by atoms with Gasteiger partial charge in [-0.1, -0.05) is 43.7 Å². The van der Waals surface area contributed by atoms with Crippen LogP contribution in [-0.4, -0.2) is 35.6 Å². The quantitative estimate of drug-likeness (QED) is 0.731. The Morgan fingerprint density at radius 1 is 1.13 bits per heavy atom. The van der Waals surface area contributed by atoms with Gasteiger partial charge in [-0.25, -0.2) is 0 Å². The normalized spacial score (nSPS) is 51.4. The van der Waals surface area contributed by atoms with E-state index in [-0.39, 0.29) is 35.1 Å². The molecule has 126 valence electrons. The van der Waals surface area contributed by atoms with Crippen LogP contribution in [-0.2, 0) is 4.74 Å². The summed E-state index contributed by atoms with van der Waals surface area (Å²) >= 11 is 0. The van der Waals surface area contributed by atoms with Gasteiger partial charge in [-0.2, -0.15) is 0 Å². The molecule has 3 heteroatoms. The number of allylic oxidation sites excluding steroid dienone is 3. The third-order valence-electron chi connectivity index (χ3n) is 7.29. The van der Waals surface area contributed by atoms with Crippen LogP contribution >= 0.6 is 0 Å². The van der Waals surface area contributed by atoms with Gasteiger partial charge in [0, 0.05) is 23.9 Å². The molecule has 0 fully saturated rings. The Balaban J connectivity index is 1.85. The van der Waals surface area contributed by atoms with E-state index in [0.717, 1.165) is 25.7 Å². The number of methoxy groups -OCH3 is 1. The Morgan fingerprint density at radius 2 is 1.91 bits per heavy atom. The number of ether oxygens (including phenoxy) is 1. The fraction of sp³-hybridized carbons (Fsp3) is 0.700. The van der Waals surface area contributed by atoms with E-state index < -0.39 is 0 Å². The molecule has 1 unspecified atom stereocenters. The van der Waals surface area contributed by atoms with Crippen LogP contribution in [0.1, 0.15) is 39.5 Å². The second-order valence-electron chi connectivity index (χ2n) is 8.35. The molecule has 4 aliphatic rings. The molecule has 4 aliphatic carbocycles. The zero-order valence-electron chi connectivity index (χ0n) is 14.3. The summed E-state index contributed by atoms with van der Waals surface area (Å²) in [4.78, 5) is 0. The third kappa shape index (κ3) is 2.00. The Morgan fingerprint density at radius 3 is 2.65 bits per heavy atom. The molecule has 0 bridgehead atoms. The van der Waals surface area contributed by atoms with Crippen molar-refractivity contribution in [2.45, 2.75) is 57.8 Å². The Kier molecular flexibility index (Phi) is 3.43. The molecule has 2 N–H and O–H groups in total. The van der Waals surface area contributed by atoms with Crippen LogP contribution in [0.4, 0.5) is 0 Å². The average Bonchev–Trinajstić information content (AvgIpc) is 2.83. The molecule has 0 amide bonds. The fourth-order valence-electron chi connectivity index (χ4n) is 5.66. The molecule has 23 heavy (non-hydrogen) atoms. The van der Waals surface area contributed by atoms with Crippen LogP contribution < -0.4 is 0 Å². The maximum atomic E-state index is 10.5. The van der Waals surface area contributed by atoms with Gasteiger partial charge < -0.3 is 14.9 Å². The molecule has 3 nitrogen and oxygen atoms in total. The minimum Gasteiger partial charge on any atom is -0.389 e. The minimum absolute atomic E-state index is 0.0340. The lowest BCUT2D eigenvalue weighted by atomic mass is 9.52. The zero-order chi connectivity index (χ0) is 16.4. The molecule has 0 aliphatic heterocycles. The lowest BCUT2D eigenvalue weighted by Crippen LogP contribution is -2.48. The first-order chi connectivity index (χ1) is 10.9. The van der Waals surface area contributed by atoms with Gasteiger partial charge in [0.1, 0.15) is 0 Å². The van der Waals surface area contributed by atoms with Crippen molar-refractivity contribution in [3.05, 3.63) is 35.5 Å². The highest BCUT2D eigenvalue weighted by Crippen LogP contribution is 2.61. The van der Waals surface area contributed by atoms with E-state index in [1.807, 2.05) is 12.2 Å². The molecule has 0 aromatic heterocycles. The van der Waals surface area contributed by atoms with Crippen molar-refractivity contribution in [1.82, 2.24) is 0 Å². The number of hydrogen-bond acceptors (Lipinski definition) is 3. The van der Waals surface area contributed by atoms with Crippen molar-refractivity contribution in [2.24, 2.45) is 22.7 Å². The van der Waals surface area contributed by atoms with Gasteiger partial charge >= 0.3 is 0 Å². The van der Waals surface area contributed by atoms with Crippen molar-refractivity contribution in [1.29, 1.82) is 0 Å². The summed E-state index contributed by atoms with van der Waals surface area (Å²) in [5, 5.41) is 20.5. The lowest BCUT2D eigenvalue weighted by Gasteiger charge is -2.54. The standard InChI is InChI=1S/C20H28O3/c1-19-8-6-13(21)10-12(19)11-16(23-3)18-14-4-5-17(22)20(14,2)9-7-15(18)19/h4-6,8,12-14,16-17,21-22H,7,9-11H2,1-3H3/t12?,13-,14-,16-,17-,19-,20-/m0/s1. The first-order valence-electron chi connectivity index (χ1n) is 8.90. The zero-order valence-corrected chi connectivity index (χ0v) is 14.3. The number of rotatable bonds is 1. The van der Waals surface area contributed by atoms with E-state index in [9.17, 15) is 10.2 Å². The summed E-state index contributed by atoms with van der Waals surface area (Å²) in [5.41, 5.74) is 2.86. The van der Waals surface area contributed by atoms with Gasteiger partial charge in [0.25, 0.3) is 0 Å². The van der Waals surface area contributed by atoms with Gasteiger partial charge in [-0.05, 0) is 37.2 Å². The SMILES string of the molecule is CO[C@H]1CC2C[C@@H](O)C=C[C@]2(C)C2=C1[C@@H]1C=C[C@H](O)[C@@]1(C)CC2. The summed E-state index contributed by atoms with van der Waals surface area (Å²) in [7, 11) is 1.80. The molecule has 0 aromatic rings. The largest absolute Gasteiger partial charge is 0.389 e. The Hall–Kier alpha value is -0.900. The number of aliphatic hydroxyl groups is 2. The highest BCUT2D eigenvalue weighted by molar-refractivity contribution is 5.43. The van der Waals surface area contributed by atoms with Gasteiger partial charge in [0.2, 0.25) is 0 Å². The average molecular weight is 316 g/mol. The second-order valence-corrected chi connectivity index (χ2v) is 8.35. The summed E-state index contributed by atoms with van der Waals surface area (Å²) in [5.74, 6) is 0.718. The molecule has 0 heterocycles. The van der Waals surface area contributed by atoms with Crippen molar-refractivity contribution < 1.29 is 14.9 Å². The topological polar surface area (TPSA) is 49.7 Å². The van der Waals surface area contributed by atoms with E-state index >= 15 is 0 Å². The summed E-state index contributed by atoms with van der Waals surface area (Å²) < 4.78 is 5.90. The highest BCUT2D eigenvalue weighted by atomic mass is 16.5. The van der Waals surface area contributed by atoms with Crippen LogP contribution in [0.15, 0.2) is 35.5 Å². The van der Waals surface area contributed by atoms with E-state index in [2.05, 4.69) is 26.0 Å².